The monoisotopic (exact) mass is 469 g/mol. The molecule has 6 heteroatoms. The molecule has 6 nitrogen and oxygen atoms in total. The highest BCUT2D eigenvalue weighted by atomic mass is 17.1. The SMILES string of the molecule is CC(C)(C)C(C)(O)[C@H]1C[C@@]23CC[C@]1(OO)[C@@H]1Oc4c(O)ccc5c4[C@@]12CCN(CC1CC1)[C@@H]3C5. The van der Waals surface area contributed by atoms with Crippen LogP contribution in [0.2, 0.25) is 0 Å². The minimum atomic E-state index is -1.07. The van der Waals surface area contributed by atoms with Gasteiger partial charge in [0.25, 0.3) is 0 Å². The number of hydrogen-bond acceptors (Lipinski definition) is 6. The molecular formula is C28H39NO5. The number of fused-ring (bicyclic) bond motifs is 2. The number of rotatable bonds is 4. The number of aliphatic hydroxyl groups is 1. The van der Waals surface area contributed by atoms with Gasteiger partial charge in [0.2, 0.25) is 0 Å². The minimum Gasteiger partial charge on any atom is -0.504 e. The fourth-order valence-electron chi connectivity index (χ4n) is 9.39. The largest absolute Gasteiger partial charge is 0.504 e. The van der Waals surface area contributed by atoms with Crippen molar-refractivity contribution in [3.8, 4) is 11.5 Å². The van der Waals surface area contributed by atoms with Crippen LogP contribution in [0.15, 0.2) is 12.1 Å². The second-order valence-corrected chi connectivity index (χ2v) is 13.7. The molecule has 0 aromatic heterocycles. The van der Waals surface area contributed by atoms with Crippen molar-refractivity contribution in [1.82, 2.24) is 4.90 Å². The molecule has 186 valence electrons. The molecule has 0 amide bonds. The Balaban J connectivity index is 1.47. The van der Waals surface area contributed by atoms with Gasteiger partial charge in [-0.2, -0.15) is 0 Å². The van der Waals surface area contributed by atoms with Crippen LogP contribution >= 0.6 is 0 Å². The number of benzene rings is 1. The van der Waals surface area contributed by atoms with Crippen LogP contribution in [0, 0.1) is 22.7 Å². The van der Waals surface area contributed by atoms with E-state index in [0.29, 0.717) is 18.2 Å². The van der Waals surface area contributed by atoms with E-state index in [2.05, 4.69) is 31.7 Å². The first-order chi connectivity index (χ1) is 16.0. The number of likely N-dealkylation sites (tertiary alicyclic amines) is 1. The maximum absolute atomic E-state index is 12.1. The van der Waals surface area contributed by atoms with Crippen LogP contribution in [0.4, 0.5) is 0 Å². The number of phenolic OH excluding ortho intramolecular Hbond substituents is 1. The summed E-state index contributed by atoms with van der Waals surface area (Å²) in [4.78, 5) is 8.32. The zero-order valence-electron chi connectivity index (χ0n) is 20.9. The second kappa shape index (κ2) is 6.31. The summed E-state index contributed by atoms with van der Waals surface area (Å²) in [6.45, 7) is 10.3. The van der Waals surface area contributed by atoms with Crippen molar-refractivity contribution in [2.24, 2.45) is 22.7 Å². The van der Waals surface area contributed by atoms with Crippen molar-refractivity contribution < 1.29 is 25.1 Å². The van der Waals surface area contributed by atoms with E-state index in [1.165, 1.54) is 24.0 Å². The van der Waals surface area contributed by atoms with Gasteiger partial charge in [-0.05, 0) is 81.4 Å². The zero-order valence-corrected chi connectivity index (χ0v) is 20.9. The lowest BCUT2D eigenvalue weighted by Crippen LogP contribution is -2.83. The molecule has 3 N–H and O–H groups in total. The molecule has 1 unspecified atom stereocenters. The Labute approximate surface area is 202 Å². The highest BCUT2D eigenvalue weighted by Crippen LogP contribution is 2.78. The number of nitrogens with zero attached hydrogens (tertiary/aromatic N) is 1. The molecule has 7 aliphatic rings. The van der Waals surface area contributed by atoms with E-state index in [1.54, 1.807) is 6.07 Å². The lowest BCUT2D eigenvalue weighted by Gasteiger charge is -2.75. The van der Waals surface area contributed by atoms with Gasteiger partial charge in [0.05, 0.1) is 5.60 Å². The van der Waals surface area contributed by atoms with Gasteiger partial charge in [-0.25, -0.2) is 4.89 Å². The fraction of sp³-hybridized carbons (Fsp3) is 0.786. The van der Waals surface area contributed by atoms with Crippen molar-refractivity contribution in [2.75, 3.05) is 13.1 Å². The third-order valence-electron chi connectivity index (χ3n) is 11.6. The van der Waals surface area contributed by atoms with Crippen LogP contribution in [0.5, 0.6) is 11.5 Å². The average Bonchev–Trinajstić information content (AvgIpc) is 3.53. The second-order valence-electron chi connectivity index (χ2n) is 13.7. The summed E-state index contributed by atoms with van der Waals surface area (Å²) in [5, 5.41) is 33.6. The van der Waals surface area contributed by atoms with Crippen molar-refractivity contribution in [3.05, 3.63) is 23.3 Å². The third kappa shape index (κ3) is 2.24. The van der Waals surface area contributed by atoms with Crippen molar-refractivity contribution in [3.63, 3.8) is 0 Å². The summed E-state index contributed by atoms with van der Waals surface area (Å²) < 4.78 is 6.73. The maximum Gasteiger partial charge on any atom is 0.165 e. The number of phenols is 1. The molecule has 1 aromatic carbocycles. The Morgan fingerprint density at radius 3 is 2.59 bits per heavy atom. The number of piperidine rings is 1. The lowest BCUT2D eigenvalue weighted by molar-refractivity contribution is -0.417. The molecule has 7 atom stereocenters. The van der Waals surface area contributed by atoms with Crippen LogP contribution in [0.1, 0.15) is 77.3 Å². The van der Waals surface area contributed by atoms with E-state index in [0.717, 1.165) is 44.7 Å². The van der Waals surface area contributed by atoms with Gasteiger partial charge in [-0.3, -0.25) is 10.2 Å². The average molecular weight is 470 g/mol. The van der Waals surface area contributed by atoms with E-state index in [-0.39, 0.29) is 22.5 Å². The van der Waals surface area contributed by atoms with Crippen molar-refractivity contribution in [2.45, 2.75) is 101 Å². The first-order valence-electron chi connectivity index (χ1n) is 13.3. The molecule has 0 radical (unpaired) electrons. The predicted octanol–water partition coefficient (Wildman–Crippen LogP) is 4.26. The Kier molecular flexibility index (Phi) is 4.07. The minimum absolute atomic E-state index is 0.0724. The fourth-order valence-corrected chi connectivity index (χ4v) is 9.39. The van der Waals surface area contributed by atoms with Crippen molar-refractivity contribution >= 4 is 0 Å². The smallest absolute Gasteiger partial charge is 0.165 e. The third-order valence-corrected chi connectivity index (χ3v) is 11.6. The summed E-state index contributed by atoms with van der Waals surface area (Å²) in [7, 11) is 0. The number of aromatic hydroxyl groups is 1. The molecule has 4 bridgehead atoms. The summed E-state index contributed by atoms with van der Waals surface area (Å²) in [5.41, 5.74) is -0.397. The summed E-state index contributed by atoms with van der Waals surface area (Å²) in [6, 6.07) is 4.25. The Morgan fingerprint density at radius 2 is 1.91 bits per heavy atom. The van der Waals surface area contributed by atoms with Crippen LogP contribution in [0.25, 0.3) is 0 Å². The summed E-state index contributed by atoms with van der Waals surface area (Å²) in [5.74, 6) is 1.32. The normalized spacial score (nSPS) is 43.9. The first-order valence-corrected chi connectivity index (χ1v) is 13.3. The molecule has 5 fully saturated rings. The van der Waals surface area contributed by atoms with Gasteiger partial charge in [-0.15, -0.1) is 0 Å². The summed E-state index contributed by atoms with van der Waals surface area (Å²) >= 11 is 0. The molecule has 2 aliphatic heterocycles. The quantitative estimate of drug-likeness (QED) is 0.452. The molecule has 4 saturated carbocycles. The predicted molar refractivity (Wildman–Crippen MR) is 127 cm³/mol. The number of ether oxygens (including phenoxy) is 1. The van der Waals surface area contributed by atoms with Crippen LogP contribution in [-0.2, 0) is 16.7 Å². The van der Waals surface area contributed by atoms with Crippen LogP contribution in [-0.4, -0.2) is 56.8 Å². The molecule has 34 heavy (non-hydrogen) atoms. The van der Waals surface area contributed by atoms with Gasteiger partial charge >= 0.3 is 0 Å². The standard InChI is InChI=1S/C28H39NO5/c1-24(2,3)25(4,31)19-14-26-9-10-28(19,34-32)23-27(26)11-12-29(15-16-5-6-16)20(26)13-17-7-8-18(30)22(33-23)21(17)27/h7-8,16,19-20,23,30-32H,5-6,9-15H2,1-4H3/t19-,20-,23-,25?,26-,27+,28-/m1/s1. The van der Waals surface area contributed by atoms with Crippen LogP contribution < -0.4 is 4.74 Å². The molecule has 8 rings (SSSR count). The number of hydrogen-bond donors (Lipinski definition) is 3. The maximum atomic E-state index is 12.1. The molecule has 1 aromatic rings. The molecule has 2 spiro atoms. The topological polar surface area (TPSA) is 82.4 Å². The zero-order chi connectivity index (χ0) is 23.9. The Morgan fingerprint density at radius 1 is 1.15 bits per heavy atom. The molecule has 2 heterocycles. The first kappa shape index (κ1) is 21.9. The lowest BCUT2D eigenvalue weighted by atomic mass is 9.33. The van der Waals surface area contributed by atoms with Gasteiger partial charge < -0.3 is 14.9 Å². The van der Waals surface area contributed by atoms with E-state index < -0.39 is 22.7 Å². The van der Waals surface area contributed by atoms with E-state index in [1.807, 2.05) is 6.92 Å². The molecule has 5 aliphatic carbocycles. The van der Waals surface area contributed by atoms with Gasteiger partial charge in [0, 0.05) is 34.9 Å². The van der Waals surface area contributed by atoms with E-state index in [9.17, 15) is 15.5 Å². The molecule has 1 saturated heterocycles. The Hall–Kier alpha value is -1.34. The van der Waals surface area contributed by atoms with Crippen molar-refractivity contribution in [1.29, 1.82) is 0 Å². The highest BCUT2D eigenvalue weighted by molar-refractivity contribution is 5.63. The van der Waals surface area contributed by atoms with Crippen LogP contribution in [0.3, 0.4) is 0 Å². The van der Waals surface area contributed by atoms with Gasteiger partial charge in [0.1, 0.15) is 11.7 Å². The molecular weight excluding hydrogens is 430 g/mol. The highest BCUT2D eigenvalue weighted by Gasteiger charge is 2.83. The van der Waals surface area contributed by atoms with E-state index in [4.69, 9.17) is 9.62 Å². The Bertz CT molecular complexity index is 1060. The van der Waals surface area contributed by atoms with Gasteiger partial charge in [0.15, 0.2) is 11.5 Å². The van der Waals surface area contributed by atoms with Gasteiger partial charge in [-0.1, -0.05) is 26.8 Å². The summed E-state index contributed by atoms with van der Waals surface area (Å²) in [6.07, 6.45) is 6.58. The van der Waals surface area contributed by atoms with E-state index >= 15 is 0 Å².